The molecular weight excluding hydrogens is 336 g/mol. The number of aliphatic carboxylic acids is 1. The van der Waals surface area contributed by atoms with E-state index in [1.165, 1.54) is 0 Å². The Morgan fingerprint density at radius 2 is 2.04 bits per heavy atom. The van der Waals surface area contributed by atoms with Crippen LogP contribution in [0.3, 0.4) is 0 Å². The molecule has 0 aromatic heterocycles. The fourth-order valence-corrected chi connectivity index (χ4v) is 2.01. The zero-order valence-corrected chi connectivity index (χ0v) is 14.7. The Kier molecular flexibility index (Phi) is 7.16. The summed E-state index contributed by atoms with van der Waals surface area (Å²) < 4.78 is 10.5. The predicted octanol–water partition coefficient (Wildman–Crippen LogP) is 3.06. The van der Waals surface area contributed by atoms with Crippen LogP contribution >= 0.6 is 11.6 Å². The van der Waals surface area contributed by atoms with E-state index < -0.39 is 23.7 Å². The van der Waals surface area contributed by atoms with Crippen molar-refractivity contribution in [3.63, 3.8) is 0 Å². The molecular formula is C16H23ClN2O5. The van der Waals surface area contributed by atoms with Gasteiger partial charge in [-0.2, -0.15) is 0 Å². The van der Waals surface area contributed by atoms with Crippen molar-refractivity contribution in [3.05, 3.63) is 23.2 Å². The average molecular weight is 359 g/mol. The highest BCUT2D eigenvalue weighted by Gasteiger charge is 2.23. The van der Waals surface area contributed by atoms with Gasteiger partial charge in [0, 0.05) is 5.02 Å². The Bertz CT molecular complexity index is 586. The van der Waals surface area contributed by atoms with Crippen molar-refractivity contribution in [1.82, 2.24) is 5.32 Å². The number of nitrogens with two attached hydrogens (primary N) is 1. The van der Waals surface area contributed by atoms with Crippen LogP contribution in [0.2, 0.25) is 5.02 Å². The summed E-state index contributed by atoms with van der Waals surface area (Å²) >= 11 is 5.80. The first kappa shape index (κ1) is 19.9. The second-order valence-corrected chi connectivity index (χ2v) is 6.65. The van der Waals surface area contributed by atoms with E-state index >= 15 is 0 Å². The van der Waals surface area contributed by atoms with Gasteiger partial charge in [-0.1, -0.05) is 11.6 Å². The fourth-order valence-electron chi connectivity index (χ4n) is 1.83. The van der Waals surface area contributed by atoms with E-state index in [1.54, 1.807) is 39.0 Å². The van der Waals surface area contributed by atoms with Crippen molar-refractivity contribution in [2.24, 2.45) is 0 Å². The highest BCUT2D eigenvalue weighted by atomic mass is 35.5. The van der Waals surface area contributed by atoms with Gasteiger partial charge in [-0.3, -0.25) is 0 Å². The Morgan fingerprint density at radius 3 is 2.58 bits per heavy atom. The number of carbonyl (C=O) groups is 2. The van der Waals surface area contributed by atoms with E-state index in [2.05, 4.69) is 5.32 Å². The molecule has 0 saturated heterocycles. The van der Waals surface area contributed by atoms with Gasteiger partial charge in [-0.05, 0) is 51.8 Å². The molecule has 0 aliphatic rings. The van der Waals surface area contributed by atoms with Gasteiger partial charge in [0.15, 0.2) is 0 Å². The maximum Gasteiger partial charge on any atom is 0.408 e. The smallest absolute Gasteiger partial charge is 0.408 e. The van der Waals surface area contributed by atoms with E-state index in [0.29, 0.717) is 22.9 Å². The Morgan fingerprint density at radius 1 is 1.38 bits per heavy atom. The van der Waals surface area contributed by atoms with Gasteiger partial charge in [-0.15, -0.1) is 0 Å². The monoisotopic (exact) mass is 358 g/mol. The Hall–Kier alpha value is -2.15. The summed E-state index contributed by atoms with van der Waals surface area (Å²) in [4.78, 5) is 22.9. The van der Waals surface area contributed by atoms with Crippen LogP contribution < -0.4 is 15.8 Å². The quantitative estimate of drug-likeness (QED) is 0.510. The molecule has 1 aromatic carbocycles. The third-order valence-corrected chi connectivity index (χ3v) is 3.09. The fraction of sp³-hybridized carbons (Fsp3) is 0.500. The number of benzene rings is 1. The summed E-state index contributed by atoms with van der Waals surface area (Å²) in [6.45, 7) is 5.36. The summed E-state index contributed by atoms with van der Waals surface area (Å²) in [5.41, 5.74) is 5.47. The van der Waals surface area contributed by atoms with Crippen LogP contribution in [0.4, 0.5) is 10.5 Å². The minimum Gasteiger partial charge on any atom is -0.491 e. The highest BCUT2D eigenvalue weighted by molar-refractivity contribution is 6.30. The van der Waals surface area contributed by atoms with Crippen LogP contribution in [0.25, 0.3) is 0 Å². The molecule has 0 aliphatic heterocycles. The lowest BCUT2D eigenvalue weighted by molar-refractivity contribution is -0.139. The lowest BCUT2D eigenvalue weighted by atomic mass is 10.1. The topological polar surface area (TPSA) is 111 Å². The van der Waals surface area contributed by atoms with Gasteiger partial charge < -0.3 is 25.6 Å². The largest absolute Gasteiger partial charge is 0.491 e. The van der Waals surface area contributed by atoms with Crippen LogP contribution in [0.15, 0.2) is 18.2 Å². The number of ether oxygens (including phenoxy) is 2. The number of anilines is 1. The molecule has 0 fully saturated rings. The SMILES string of the molecule is CC(C)(C)OC(=O)N[C@@H](CCCOc1ccc(Cl)cc1N)C(=O)O. The molecule has 1 amide bonds. The first-order valence-corrected chi connectivity index (χ1v) is 7.86. The number of carbonyl (C=O) groups excluding carboxylic acids is 1. The van der Waals surface area contributed by atoms with Crippen LogP contribution in [0.1, 0.15) is 33.6 Å². The molecule has 24 heavy (non-hydrogen) atoms. The lowest BCUT2D eigenvalue weighted by Crippen LogP contribution is -2.43. The van der Waals surface area contributed by atoms with E-state index in [4.69, 9.17) is 31.9 Å². The van der Waals surface area contributed by atoms with Crippen molar-refractivity contribution in [3.8, 4) is 5.75 Å². The normalized spacial score (nSPS) is 12.3. The number of halogens is 1. The van der Waals surface area contributed by atoms with Gasteiger partial charge in [-0.25, -0.2) is 9.59 Å². The number of hydrogen-bond donors (Lipinski definition) is 3. The van der Waals surface area contributed by atoms with E-state index in [-0.39, 0.29) is 13.0 Å². The van der Waals surface area contributed by atoms with Crippen LogP contribution in [0.5, 0.6) is 5.75 Å². The van der Waals surface area contributed by atoms with Crippen LogP contribution in [0, 0.1) is 0 Å². The molecule has 0 unspecified atom stereocenters. The summed E-state index contributed by atoms with van der Waals surface area (Å²) in [7, 11) is 0. The highest BCUT2D eigenvalue weighted by Crippen LogP contribution is 2.25. The first-order valence-electron chi connectivity index (χ1n) is 7.48. The van der Waals surface area contributed by atoms with Crippen molar-refractivity contribution < 1.29 is 24.2 Å². The molecule has 4 N–H and O–H groups in total. The molecule has 1 atom stereocenters. The lowest BCUT2D eigenvalue weighted by Gasteiger charge is -2.22. The molecule has 0 spiro atoms. The molecule has 0 bridgehead atoms. The van der Waals surface area contributed by atoms with Gasteiger partial charge in [0.25, 0.3) is 0 Å². The maximum absolute atomic E-state index is 11.6. The van der Waals surface area contributed by atoms with Crippen molar-refractivity contribution >= 4 is 29.4 Å². The number of nitrogen functional groups attached to an aromatic ring is 1. The van der Waals surface area contributed by atoms with E-state index in [1.807, 2.05) is 0 Å². The first-order chi connectivity index (χ1) is 11.1. The predicted molar refractivity (Wildman–Crippen MR) is 91.4 cm³/mol. The second-order valence-electron chi connectivity index (χ2n) is 6.21. The summed E-state index contributed by atoms with van der Waals surface area (Å²) in [6, 6.07) is 3.81. The van der Waals surface area contributed by atoms with Gasteiger partial charge in [0.2, 0.25) is 0 Å². The number of carboxylic acids is 1. The molecule has 0 aliphatic carbocycles. The number of rotatable bonds is 7. The van der Waals surface area contributed by atoms with Gasteiger partial charge in [0.1, 0.15) is 17.4 Å². The molecule has 1 aromatic rings. The van der Waals surface area contributed by atoms with Crippen molar-refractivity contribution in [2.75, 3.05) is 12.3 Å². The molecule has 7 nitrogen and oxygen atoms in total. The number of amides is 1. The van der Waals surface area contributed by atoms with Crippen molar-refractivity contribution in [2.45, 2.75) is 45.3 Å². The second kappa shape index (κ2) is 8.63. The van der Waals surface area contributed by atoms with E-state index in [9.17, 15) is 9.59 Å². The number of alkyl carbamates (subject to hydrolysis) is 1. The van der Waals surface area contributed by atoms with Gasteiger partial charge >= 0.3 is 12.1 Å². The third-order valence-electron chi connectivity index (χ3n) is 2.86. The van der Waals surface area contributed by atoms with Crippen LogP contribution in [-0.2, 0) is 9.53 Å². The zero-order chi connectivity index (χ0) is 18.3. The maximum atomic E-state index is 11.6. The van der Waals surface area contributed by atoms with Crippen LogP contribution in [-0.4, -0.2) is 35.4 Å². The summed E-state index contributed by atoms with van der Waals surface area (Å²) in [6.07, 6.45) is -0.158. The molecule has 134 valence electrons. The third kappa shape index (κ3) is 7.41. The zero-order valence-electron chi connectivity index (χ0n) is 14.0. The molecule has 8 heteroatoms. The molecule has 0 radical (unpaired) electrons. The molecule has 0 saturated carbocycles. The Balaban J connectivity index is 2.44. The number of carboxylic acid groups (broad SMARTS) is 1. The van der Waals surface area contributed by atoms with E-state index in [0.717, 1.165) is 0 Å². The number of nitrogens with one attached hydrogen (secondary N) is 1. The molecule has 1 rings (SSSR count). The summed E-state index contributed by atoms with van der Waals surface area (Å²) in [5.74, 6) is -0.654. The minimum atomic E-state index is -1.13. The average Bonchev–Trinajstić information content (AvgIpc) is 2.41. The standard InChI is InChI=1S/C16H23ClN2O5/c1-16(2,3)24-15(22)19-12(14(20)21)5-4-8-23-13-7-6-10(17)9-11(13)18/h6-7,9,12H,4-5,8,18H2,1-3H3,(H,19,22)(H,20,21)/t12-/m0/s1. The number of hydrogen-bond acceptors (Lipinski definition) is 5. The molecule has 0 heterocycles. The van der Waals surface area contributed by atoms with Crippen molar-refractivity contribution in [1.29, 1.82) is 0 Å². The minimum absolute atomic E-state index is 0.196. The van der Waals surface area contributed by atoms with Gasteiger partial charge in [0.05, 0.1) is 12.3 Å². The summed E-state index contributed by atoms with van der Waals surface area (Å²) in [5, 5.41) is 12.0. The Labute approximate surface area is 146 Å².